The number of rotatable bonds is 6. The highest BCUT2D eigenvalue weighted by atomic mass is 19.4. The summed E-state index contributed by atoms with van der Waals surface area (Å²) in [5, 5.41) is 2.87. The maximum absolute atomic E-state index is 15.1. The predicted octanol–water partition coefficient (Wildman–Crippen LogP) is 6.23. The molecule has 6 bridgehead atoms. The molecule has 13 heteroatoms. The van der Waals surface area contributed by atoms with Gasteiger partial charge in [-0.3, -0.25) is 10.1 Å². The Morgan fingerprint density at radius 3 is 2.25 bits per heavy atom. The molecule has 2 aromatic carbocycles. The molecule has 0 radical (unpaired) electrons. The summed E-state index contributed by atoms with van der Waals surface area (Å²) in [7, 11) is 0. The zero-order valence-corrected chi connectivity index (χ0v) is 26.6. The van der Waals surface area contributed by atoms with Crippen molar-refractivity contribution in [2.75, 3.05) is 6.54 Å². The molecule has 0 spiro atoms. The molecule has 8 rings (SSSR count). The first-order valence-electron chi connectivity index (χ1n) is 17.0. The Balaban J connectivity index is 1.15. The van der Waals surface area contributed by atoms with E-state index in [0.29, 0.717) is 18.4 Å². The Kier molecular flexibility index (Phi) is 9.06. The van der Waals surface area contributed by atoms with Gasteiger partial charge >= 0.3 is 12.4 Å². The number of halogens is 6. The number of alkyl halides is 6. The van der Waals surface area contributed by atoms with E-state index in [0.717, 1.165) is 11.5 Å². The Bertz CT molecular complexity index is 1420. The molecule has 2 aromatic rings. The molecular weight excluding hydrogens is 638 g/mol. The summed E-state index contributed by atoms with van der Waals surface area (Å²) in [4.78, 5) is 15.5. The quantitative estimate of drug-likeness (QED) is 0.314. The summed E-state index contributed by atoms with van der Waals surface area (Å²) in [6.45, 7) is -0.0909. The number of nitrogens with one attached hydrogen (secondary N) is 3. The molecular formula is C35H42F6N4O3. The molecule has 1 amide bonds. The fourth-order valence-electron chi connectivity index (χ4n) is 8.37. The van der Waals surface area contributed by atoms with Crippen LogP contribution in [0.15, 0.2) is 54.6 Å². The highest BCUT2D eigenvalue weighted by Gasteiger charge is 2.64. The number of piperidine rings is 1. The van der Waals surface area contributed by atoms with Crippen LogP contribution >= 0.6 is 0 Å². The molecule has 3 saturated heterocycles. The van der Waals surface area contributed by atoms with E-state index in [9.17, 15) is 18.0 Å². The van der Waals surface area contributed by atoms with Crippen LogP contribution in [-0.4, -0.2) is 59.8 Å². The zero-order valence-electron chi connectivity index (χ0n) is 26.6. The van der Waals surface area contributed by atoms with Crippen LogP contribution in [0.3, 0.4) is 0 Å². The lowest BCUT2D eigenvalue weighted by Crippen LogP contribution is -2.63. The van der Waals surface area contributed by atoms with Crippen molar-refractivity contribution in [1.82, 2.24) is 21.1 Å². The van der Waals surface area contributed by atoms with Gasteiger partial charge in [-0.1, -0.05) is 61.0 Å². The van der Waals surface area contributed by atoms with Crippen LogP contribution in [0.2, 0.25) is 0 Å². The van der Waals surface area contributed by atoms with Crippen molar-refractivity contribution < 1.29 is 40.6 Å². The lowest BCUT2D eigenvalue weighted by molar-refractivity contribution is -0.320. The van der Waals surface area contributed by atoms with E-state index in [2.05, 4.69) is 28.3 Å². The van der Waals surface area contributed by atoms with Gasteiger partial charge in [-0.2, -0.15) is 26.3 Å². The first-order valence-corrected chi connectivity index (χ1v) is 17.0. The number of hydrogen-bond donors (Lipinski definition) is 3. The van der Waals surface area contributed by atoms with Gasteiger partial charge in [-0.15, -0.1) is 0 Å². The smallest absolute Gasteiger partial charge is 0.357 e. The van der Waals surface area contributed by atoms with Crippen molar-refractivity contribution in [2.24, 2.45) is 11.8 Å². The maximum Gasteiger partial charge on any atom is 0.421 e. The Labute approximate surface area is 276 Å². The van der Waals surface area contributed by atoms with Crippen LogP contribution in [-0.2, 0) is 32.8 Å². The summed E-state index contributed by atoms with van der Waals surface area (Å²) in [6.07, 6.45) is -8.88. The number of carbonyl (C=O) groups excluding carboxylic acids is 1. The number of nitrogens with zero attached hydrogens (tertiary/aromatic N) is 1. The van der Waals surface area contributed by atoms with Crippen LogP contribution in [0.1, 0.15) is 74.5 Å². The van der Waals surface area contributed by atoms with Crippen molar-refractivity contribution in [3.05, 3.63) is 71.3 Å². The minimum atomic E-state index is -4.84. The number of hydrazine groups is 1. The first-order chi connectivity index (χ1) is 22.9. The molecule has 48 heavy (non-hydrogen) atoms. The Morgan fingerprint density at radius 1 is 0.875 bits per heavy atom. The topological polar surface area (TPSA) is 74.9 Å². The van der Waals surface area contributed by atoms with Crippen LogP contribution < -0.4 is 16.2 Å². The fraction of sp³-hybridized carbons (Fsp3) is 0.629. The van der Waals surface area contributed by atoms with Crippen molar-refractivity contribution in [1.29, 1.82) is 0 Å². The van der Waals surface area contributed by atoms with E-state index in [4.69, 9.17) is 9.47 Å². The SMILES string of the molecule is O=C1C2NC(CCC2C(F)(F)F)C2NNC(O2)[C@@](OCc2ccccc2)(C(F)(F)F)CCCCCN1Cc1ccc(C23CC(C2)C3)cc1. The third-order valence-corrected chi connectivity index (χ3v) is 11.3. The van der Waals surface area contributed by atoms with E-state index < -0.39 is 60.7 Å². The number of benzene rings is 2. The third-order valence-electron chi connectivity index (χ3n) is 11.3. The van der Waals surface area contributed by atoms with E-state index in [1.165, 1.54) is 29.7 Å². The normalized spacial score (nSPS) is 35.8. The van der Waals surface area contributed by atoms with Gasteiger partial charge in [0.15, 0.2) is 6.23 Å². The van der Waals surface area contributed by atoms with Crippen molar-refractivity contribution >= 4 is 5.91 Å². The molecule has 3 N–H and O–H groups in total. The van der Waals surface area contributed by atoms with Crippen LogP contribution in [0.5, 0.6) is 0 Å². The molecule has 7 nitrogen and oxygen atoms in total. The van der Waals surface area contributed by atoms with Crippen LogP contribution in [0, 0.1) is 11.8 Å². The first kappa shape index (κ1) is 33.8. The van der Waals surface area contributed by atoms with Crippen molar-refractivity contribution in [2.45, 2.75) is 119 Å². The second-order valence-electron chi connectivity index (χ2n) is 14.4. The third kappa shape index (κ3) is 6.36. The lowest BCUT2D eigenvalue weighted by Gasteiger charge is -2.62. The van der Waals surface area contributed by atoms with Crippen molar-refractivity contribution in [3.8, 4) is 0 Å². The van der Waals surface area contributed by atoms with E-state index in [-0.39, 0.29) is 44.4 Å². The van der Waals surface area contributed by atoms with E-state index in [1.807, 2.05) is 12.1 Å². The van der Waals surface area contributed by atoms with Gasteiger partial charge in [-0.05, 0) is 79.4 Å². The zero-order chi connectivity index (χ0) is 33.7. The van der Waals surface area contributed by atoms with Crippen molar-refractivity contribution in [3.63, 3.8) is 0 Å². The molecule has 3 aliphatic heterocycles. The lowest BCUT2D eigenvalue weighted by atomic mass is 9.42. The van der Waals surface area contributed by atoms with Gasteiger partial charge in [0.1, 0.15) is 6.23 Å². The molecule has 6 aliphatic rings. The van der Waals surface area contributed by atoms with Gasteiger partial charge in [0.2, 0.25) is 11.5 Å². The largest absolute Gasteiger partial charge is 0.421 e. The highest BCUT2D eigenvalue weighted by molar-refractivity contribution is 5.82. The summed E-state index contributed by atoms with van der Waals surface area (Å²) in [5.41, 5.74) is 5.48. The number of carbonyl (C=O) groups is 1. The standard InChI is InChI=1S/C35H42F6N4O3/c36-34(37,38)26-13-14-27-29-43-44-31(48-29)33(35(39,40)41,47-21-23-7-3-1-4-8-23)15-5-2-6-16-45(30(46)28(26)42-27)20-22-9-11-25(12-10-22)32-17-24(18-32)19-32/h1,3-4,7-12,24,26-29,31,42-44H,2,5-6,13-21H2/t24?,26?,27?,28?,29?,31?,32?,33-/m1/s1. The number of hydrogen-bond acceptors (Lipinski definition) is 6. The highest BCUT2D eigenvalue weighted by Crippen LogP contribution is 2.65. The molecule has 3 saturated carbocycles. The second kappa shape index (κ2) is 12.9. The number of amides is 1. The predicted molar refractivity (Wildman–Crippen MR) is 164 cm³/mol. The van der Waals surface area contributed by atoms with Crippen LogP contribution in [0.25, 0.3) is 0 Å². The van der Waals surface area contributed by atoms with Gasteiger partial charge in [-0.25, -0.2) is 10.9 Å². The van der Waals surface area contributed by atoms with E-state index in [1.54, 1.807) is 30.3 Å². The Hall–Kier alpha value is -2.71. The molecule has 262 valence electrons. The second-order valence-corrected chi connectivity index (χ2v) is 14.4. The van der Waals surface area contributed by atoms with Gasteiger partial charge in [0.05, 0.1) is 18.6 Å². The monoisotopic (exact) mass is 680 g/mol. The number of fused-ring (bicyclic) bond motifs is 5. The Morgan fingerprint density at radius 2 is 1.60 bits per heavy atom. The maximum atomic E-state index is 15.1. The molecule has 3 aliphatic carbocycles. The van der Waals surface area contributed by atoms with Gasteiger partial charge < -0.3 is 14.4 Å². The molecule has 6 atom stereocenters. The fourth-order valence-corrected chi connectivity index (χ4v) is 8.37. The molecule has 3 heterocycles. The van der Waals surface area contributed by atoms with Gasteiger partial charge in [0.25, 0.3) is 0 Å². The average Bonchev–Trinajstić information content (AvgIpc) is 3.50. The molecule has 5 unspecified atom stereocenters. The minimum absolute atomic E-state index is 0.0615. The summed E-state index contributed by atoms with van der Waals surface area (Å²) < 4.78 is 100. The molecule has 6 fully saturated rings. The van der Waals surface area contributed by atoms with Crippen LogP contribution in [0.4, 0.5) is 26.3 Å². The van der Waals surface area contributed by atoms with Gasteiger partial charge in [0, 0.05) is 19.1 Å². The molecule has 0 aromatic heterocycles. The number of ether oxygens (including phenoxy) is 2. The average molecular weight is 681 g/mol. The minimum Gasteiger partial charge on any atom is -0.357 e. The summed E-state index contributed by atoms with van der Waals surface area (Å²) in [5.74, 6) is -1.80. The summed E-state index contributed by atoms with van der Waals surface area (Å²) >= 11 is 0. The summed E-state index contributed by atoms with van der Waals surface area (Å²) in [6, 6.07) is 14.1. The van der Waals surface area contributed by atoms with E-state index >= 15 is 13.2 Å².